The molecule has 27 heavy (non-hydrogen) atoms. The Labute approximate surface area is 153 Å². The van der Waals surface area contributed by atoms with Crippen molar-refractivity contribution < 1.29 is 32.9 Å². The molecule has 2 saturated heterocycles. The van der Waals surface area contributed by atoms with Gasteiger partial charge < -0.3 is 18.9 Å². The molecule has 11 heteroatoms. The van der Waals surface area contributed by atoms with E-state index in [0.717, 1.165) is 23.6 Å². The van der Waals surface area contributed by atoms with Crippen molar-refractivity contribution >= 4 is 18.1 Å². The van der Waals surface area contributed by atoms with Crippen LogP contribution in [0.25, 0.3) is 0 Å². The molecule has 0 aromatic carbocycles. The smallest absolute Gasteiger partial charge is 0.449 e. The minimum absolute atomic E-state index is 0.181. The summed E-state index contributed by atoms with van der Waals surface area (Å²) in [5.41, 5.74) is -0.890. The third-order valence-electron chi connectivity index (χ3n) is 4.27. The van der Waals surface area contributed by atoms with Crippen molar-refractivity contribution in [2.75, 3.05) is 11.9 Å². The van der Waals surface area contributed by atoms with Crippen molar-refractivity contribution in [1.29, 1.82) is 0 Å². The normalized spacial score (nSPS) is 26.3. The third kappa shape index (κ3) is 4.02. The van der Waals surface area contributed by atoms with E-state index in [-0.39, 0.29) is 6.61 Å². The number of rotatable bonds is 6. The Morgan fingerprint density at radius 1 is 1.33 bits per heavy atom. The molecule has 2 aliphatic heterocycles. The zero-order valence-electron chi connectivity index (χ0n) is 14.8. The van der Waals surface area contributed by atoms with Crippen LogP contribution in [0, 0.1) is 5.82 Å². The van der Waals surface area contributed by atoms with Gasteiger partial charge in [-0.2, -0.15) is 4.98 Å². The van der Waals surface area contributed by atoms with E-state index < -0.39 is 54.1 Å². The number of amides is 1. The summed E-state index contributed by atoms with van der Waals surface area (Å²) in [7, 11) is 0. The molecule has 0 radical (unpaired) electrons. The molecule has 1 amide bonds. The molecule has 1 aromatic heterocycles. The van der Waals surface area contributed by atoms with Crippen LogP contribution in [0.15, 0.2) is 11.0 Å². The minimum Gasteiger partial charge on any atom is -0.449 e. The Bertz CT molecular complexity index is 784. The maximum absolute atomic E-state index is 14.3. The van der Waals surface area contributed by atoms with E-state index in [2.05, 4.69) is 10.3 Å². The lowest BCUT2D eigenvalue weighted by Crippen LogP contribution is -2.35. The molecule has 0 aliphatic carbocycles. The van der Waals surface area contributed by atoms with E-state index in [1.807, 2.05) is 6.92 Å². The Kier molecular flexibility index (Phi) is 5.59. The molecule has 2 fully saturated rings. The lowest BCUT2D eigenvalue weighted by Gasteiger charge is -2.18. The minimum atomic E-state index is -1.08. The van der Waals surface area contributed by atoms with Crippen molar-refractivity contribution in [2.24, 2.45) is 0 Å². The van der Waals surface area contributed by atoms with Crippen LogP contribution >= 0.6 is 0 Å². The van der Waals surface area contributed by atoms with Crippen LogP contribution < -0.4 is 11.0 Å². The average molecular weight is 385 g/mol. The van der Waals surface area contributed by atoms with E-state index >= 15 is 0 Å². The zero-order valence-corrected chi connectivity index (χ0v) is 14.8. The largest absolute Gasteiger partial charge is 0.509 e. The van der Waals surface area contributed by atoms with Crippen molar-refractivity contribution in [2.45, 2.75) is 57.6 Å². The summed E-state index contributed by atoms with van der Waals surface area (Å²) < 4.78 is 35.6. The molecule has 10 nitrogen and oxygen atoms in total. The van der Waals surface area contributed by atoms with Gasteiger partial charge in [-0.05, 0) is 13.3 Å². The molecule has 1 aromatic rings. The van der Waals surface area contributed by atoms with Crippen molar-refractivity contribution in [3.63, 3.8) is 0 Å². The molecule has 0 unspecified atom stereocenters. The lowest BCUT2D eigenvalue weighted by atomic mass is 10.1. The quantitative estimate of drug-likeness (QED) is 0.583. The first-order valence-corrected chi connectivity index (χ1v) is 8.66. The molecule has 2 aliphatic rings. The molecule has 4 atom stereocenters. The first-order valence-electron chi connectivity index (χ1n) is 8.66. The summed E-state index contributed by atoms with van der Waals surface area (Å²) in [4.78, 5) is 38.7. The predicted octanol–water partition coefficient (Wildman–Crippen LogP) is 1.94. The number of anilines is 1. The summed E-state index contributed by atoms with van der Waals surface area (Å²) in [5.74, 6) is -1.52. The first kappa shape index (κ1) is 19.1. The summed E-state index contributed by atoms with van der Waals surface area (Å²) >= 11 is 0. The van der Waals surface area contributed by atoms with Gasteiger partial charge in [-0.3, -0.25) is 9.88 Å². The van der Waals surface area contributed by atoms with Crippen LogP contribution in [0.3, 0.4) is 0 Å². The number of hydrogen-bond acceptors (Lipinski definition) is 8. The molecule has 3 heterocycles. The number of ether oxygens (including phenoxy) is 4. The van der Waals surface area contributed by atoms with Gasteiger partial charge in [0, 0.05) is 0 Å². The molecular weight excluding hydrogens is 365 g/mol. The maximum Gasteiger partial charge on any atom is 0.509 e. The average Bonchev–Trinajstić information content (AvgIpc) is 3.13. The second-order valence-electron chi connectivity index (χ2n) is 6.24. The number of nitrogens with zero attached hydrogens (tertiary/aromatic N) is 2. The fraction of sp³-hybridized carbons (Fsp3) is 0.625. The van der Waals surface area contributed by atoms with Gasteiger partial charge >= 0.3 is 17.9 Å². The molecule has 0 bridgehead atoms. The lowest BCUT2D eigenvalue weighted by molar-refractivity contribution is -0.0524. The van der Waals surface area contributed by atoms with E-state index in [0.29, 0.717) is 6.42 Å². The fourth-order valence-electron chi connectivity index (χ4n) is 2.93. The third-order valence-corrected chi connectivity index (χ3v) is 4.27. The molecule has 3 rings (SSSR count). The second kappa shape index (κ2) is 7.91. The zero-order chi connectivity index (χ0) is 19.6. The Morgan fingerprint density at radius 2 is 2.07 bits per heavy atom. The van der Waals surface area contributed by atoms with E-state index in [9.17, 15) is 18.8 Å². The monoisotopic (exact) mass is 385 g/mol. The van der Waals surface area contributed by atoms with Crippen molar-refractivity contribution in [3.8, 4) is 0 Å². The predicted molar refractivity (Wildman–Crippen MR) is 87.7 cm³/mol. The first-order chi connectivity index (χ1) is 12.9. The number of halogens is 1. The van der Waals surface area contributed by atoms with Gasteiger partial charge in [0.1, 0.15) is 0 Å². The number of hydrogen-bond donors (Lipinski definition) is 1. The number of carbonyl (C=O) groups is 2. The van der Waals surface area contributed by atoms with Crippen molar-refractivity contribution in [3.05, 3.63) is 22.5 Å². The van der Waals surface area contributed by atoms with E-state index in [4.69, 9.17) is 18.9 Å². The molecule has 0 saturated carbocycles. The van der Waals surface area contributed by atoms with Gasteiger partial charge in [0.25, 0.3) is 0 Å². The van der Waals surface area contributed by atoms with Gasteiger partial charge in [-0.1, -0.05) is 19.8 Å². The fourth-order valence-corrected chi connectivity index (χ4v) is 2.93. The van der Waals surface area contributed by atoms with Gasteiger partial charge in [0.15, 0.2) is 30.1 Å². The maximum atomic E-state index is 14.3. The SMILES string of the molecule is CCCCCOC(=O)Nc1nc(=O)n([C@@H]2O[C@H](C)[C@@H]3OC(=O)O[C@H]32)cc1F. The van der Waals surface area contributed by atoms with Crippen LogP contribution in [0.4, 0.5) is 19.8 Å². The highest BCUT2D eigenvalue weighted by Gasteiger charge is 2.53. The number of unbranched alkanes of at least 4 members (excludes halogenated alkanes) is 2. The van der Waals surface area contributed by atoms with Crippen LogP contribution in [-0.4, -0.2) is 46.7 Å². The summed E-state index contributed by atoms with van der Waals surface area (Å²) in [6.07, 6.45) is -1.64. The topological polar surface area (TPSA) is 118 Å². The van der Waals surface area contributed by atoms with Gasteiger partial charge in [-0.15, -0.1) is 0 Å². The van der Waals surface area contributed by atoms with Gasteiger partial charge in [0.05, 0.1) is 18.9 Å². The molecule has 148 valence electrons. The molecular formula is C16H20FN3O7. The number of aromatic nitrogens is 2. The van der Waals surface area contributed by atoms with Crippen LogP contribution in [0.2, 0.25) is 0 Å². The van der Waals surface area contributed by atoms with E-state index in [1.54, 1.807) is 6.92 Å². The summed E-state index contributed by atoms with van der Waals surface area (Å²) in [6, 6.07) is 0. The van der Waals surface area contributed by atoms with Crippen LogP contribution in [-0.2, 0) is 18.9 Å². The number of nitrogens with one attached hydrogen (secondary N) is 1. The van der Waals surface area contributed by atoms with Crippen LogP contribution in [0.5, 0.6) is 0 Å². The number of fused-ring (bicyclic) bond motifs is 1. The summed E-state index contributed by atoms with van der Waals surface area (Å²) in [5, 5.41) is 2.10. The highest BCUT2D eigenvalue weighted by atomic mass is 19.1. The summed E-state index contributed by atoms with van der Waals surface area (Å²) in [6.45, 7) is 3.82. The highest BCUT2D eigenvalue weighted by Crippen LogP contribution is 2.37. The van der Waals surface area contributed by atoms with Gasteiger partial charge in [0.2, 0.25) is 0 Å². The van der Waals surface area contributed by atoms with Gasteiger partial charge in [-0.25, -0.2) is 18.8 Å². The van der Waals surface area contributed by atoms with Crippen molar-refractivity contribution in [1.82, 2.24) is 9.55 Å². The standard InChI is InChI=1S/C16H20FN3O7/c1-3-4-5-6-24-15(22)19-12-9(17)7-20(14(21)18-12)13-11-10(8(2)25-13)26-16(23)27-11/h7-8,10-11,13H,3-6H2,1-2H3,(H,18,19,21,22)/t8-,10+,11-,13-/m1/s1. The Balaban J connectivity index is 1.71. The number of carbonyl (C=O) groups excluding carboxylic acids is 2. The van der Waals surface area contributed by atoms with Crippen LogP contribution in [0.1, 0.15) is 39.3 Å². The highest BCUT2D eigenvalue weighted by molar-refractivity contribution is 5.83. The molecule has 0 spiro atoms. The molecule has 1 N–H and O–H groups in total. The van der Waals surface area contributed by atoms with E-state index in [1.165, 1.54) is 0 Å². The second-order valence-corrected chi connectivity index (χ2v) is 6.24. The Hall–Kier alpha value is -2.69. The Morgan fingerprint density at radius 3 is 2.81 bits per heavy atom.